The van der Waals surface area contributed by atoms with E-state index in [1.165, 1.54) is 70.8 Å². The molecule has 0 unspecified atom stereocenters. The SMILES string of the molecule is CCCCCC(CCCCC)NCC1(C)CCOCC1. The molecular formula is C18H37NO. The number of ether oxygens (including phenoxy) is 1. The maximum atomic E-state index is 5.50. The molecule has 0 amide bonds. The van der Waals surface area contributed by atoms with Crippen molar-refractivity contribution in [3.05, 3.63) is 0 Å². The van der Waals surface area contributed by atoms with Crippen LogP contribution < -0.4 is 5.32 Å². The summed E-state index contributed by atoms with van der Waals surface area (Å²) in [6.07, 6.45) is 13.4. The first-order chi connectivity index (χ1) is 9.70. The molecule has 120 valence electrons. The molecule has 0 saturated carbocycles. The van der Waals surface area contributed by atoms with Gasteiger partial charge in [0.1, 0.15) is 0 Å². The molecule has 0 aliphatic carbocycles. The van der Waals surface area contributed by atoms with Crippen molar-refractivity contribution >= 4 is 0 Å². The molecule has 2 heteroatoms. The maximum absolute atomic E-state index is 5.50. The molecule has 0 aromatic carbocycles. The summed E-state index contributed by atoms with van der Waals surface area (Å²) >= 11 is 0. The highest BCUT2D eigenvalue weighted by atomic mass is 16.5. The van der Waals surface area contributed by atoms with Crippen molar-refractivity contribution in [1.82, 2.24) is 5.32 Å². The molecule has 0 aromatic rings. The van der Waals surface area contributed by atoms with E-state index in [0.717, 1.165) is 19.3 Å². The summed E-state index contributed by atoms with van der Waals surface area (Å²) in [5, 5.41) is 3.89. The third-order valence-corrected chi connectivity index (χ3v) is 4.83. The van der Waals surface area contributed by atoms with Crippen molar-refractivity contribution in [1.29, 1.82) is 0 Å². The van der Waals surface area contributed by atoms with Crippen molar-refractivity contribution < 1.29 is 4.74 Å². The van der Waals surface area contributed by atoms with Gasteiger partial charge in [0.05, 0.1) is 0 Å². The zero-order valence-electron chi connectivity index (χ0n) is 14.2. The highest BCUT2D eigenvalue weighted by molar-refractivity contribution is 4.81. The largest absolute Gasteiger partial charge is 0.381 e. The van der Waals surface area contributed by atoms with Gasteiger partial charge in [0.15, 0.2) is 0 Å². The summed E-state index contributed by atoms with van der Waals surface area (Å²) in [4.78, 5) is 0. The van der Waals surface area contributed by atoms with Crippen LogP contribution >= 0.6 is 0 Å². The molecule has 1 aliphatic rings. The first-order valence-corrected chi connectivity index (χ1v) is 9.01. The lowest BCUT2D eigenvalue weighted by atomic mass is 9.82. The molecule has 0 aromatic heterocycles. The Bertz CT molecular complexity index is 213. The van der Waals surface area contributed by atoms with E-state index in [0.29, 0.717) is 5.41 Å². The zero-order chi connectivity index (χ0) is 14.7. The summed E-state index contributed by atoms with van der Waals surface area (Å²) < 4.78 is 5.50. The van der Waals surface area contributed by atoms with Gasteiger partial charge >= 0.3 is 0 Å². The average Bonchev–Trinajstić information content (AvgIpc) is 2.45. The molecule has 2 nitrogen and oxygen atoms in total. The smallest absolute Gasteiger partial charge is 0.0471 e. The standard InChI is InChI=1S/C18H37NO/c1-4-6-8-10-17(11-9-7-5-2)19-16-18(3)12-14-20-15-13-18/h17,19H,4-16H2,1-3H3. The molecule has 0 radical (unpaired) electrons. The van der Waals surface area contributed by atoms with E-state index in [1.54, 1.807) is 0 Å². The van der Waals surface area contributed by atoms with Gasteiger partial charge in [0.25, 0.3) is 0 Å². The Morgan fingerprint density at radius 3 is 2.00 bits per heavy atom. The molecule has 1 fully saturated rings. The highest BCUT2D eigenvalue weighted by Crippen LogP contribution is 2.29. The fourth-order valence-electron chi connectivity index (χ4n) is 3.06. The lowest BCUT2D eigenvalue weighted by molar-refractivity contribution is 0.0225. The quantitative estimate of drug-likeness (QED) is 0.543. The Labute approximate surface area is 127 Å². The fourth-order valence-corrected chi connectivity index (χ4v) is 3.06. The van der Waals surface area contributed by atoms with Gasteiger partial charge in [-0.3, -0.25) is 0 Å². The Balaban J connectivity index is 2.29. The summed E-state index contributed by atoms with van der Waals surface area (Å²) in [6, 6.07) is 0.743. The highest BCUT2D eigenvalue weighted by Gasteiger charge is 2.27. The molecular weight excluding hydrogens is 246 g/mol. The van der Waals surface area contributed by atoms with Gasteiger partial charge in [-0.1, -0.05) is 59.3 Å². The summed E-state index contributed by atoms with van der Waals surface area (Å²) in [5.74, 6) is 0. The van der Waals surface area contributed by atoms with Crippen LogP contribution in [0.4, 0.5) is 0 Å². The first kappa shape index (κ1) is 18.0. The van der Waals surface area contributed by atoms with Crippen molar-refractivity contribution in [2.24, 2.45) is 5.41 Å². The van der Waals surface area contributed by atoms with E-state index in [4.69, 9.17) is 4.74 Å². The van der Waals surface area contributed by atoms with Crippen molar-refractivity contribution in [2.75, 3.05) is 19.8 Å². The van der Waals surface area contributed by atoms with E-state index in [-0.39, 0.29) is 0 Å². The molecule has 1 rings (SSSR count). The zero-order valence-corrected chi connectivity index (χ0v) is 14.2. The third kappa shape index (κ3) is 7.64. The Morgan fingerprint density at radius 2 is 1.50 bits per heavy atom. The molecule has 1 saturated heterocycles. The first-order valence-electron chi connectivity index (χ1n) is 9.01. The van der Waals surface area contributed by atoms with E-state index in [9.17, 15) is 0 Å². The molecule has 20 heavy (non-hydrogen) atoms. The van der Waals surface area contributed by atoms with Crippen LogP contribution in [0.25, 0.3) is 0 Å². The van der Waals surface area contributed by atoms with Gasteiger partial charge in [-0.25, -0.2) is 0 Å². The molecule has 0 bridgehead atoms. The van der Waals surface area contributed by atoms with E-state index in [2.05, 4.69) is 26.1 Å². The predicted octanol–water partition coefficient (Wildman–Crippen LogP) is 4.92. The number of nitrogens with one attached hydrogen (secondary N) is 1. The summed E-state index contributed by atoms with van der Waals surface area (Å²) in [5.41, 5.74) is 0.464. The second kappa shape index (κ2) is 10.6. The molecule has 0 atom stereocenters. The van der Waals surface area contributed by atoms with E-state index >= 15 is 0 Å². The molecule has 1 aliphatic heterocycles. The minimum absolute atomic E-state index is 0.464. The van der Waals surface area contributed by atoms with Crippen LogP contribution in [0.15, 0.2) is 0 Å². The molecule has 1 heterocycles. The average molecular weight is 284 g/mol. The monoisotopic (exact) mass is 283 g/mol. The normalized spacial score (nSPS) is 18.6. The van der Waals surface area contributed by atoms with Crippen LogP contribution in [0.3, 0.4) is 0 Å². The van der Waals surface area contributed by atoms with Gasteiger partial charge in [0, 0.05) is 25.8 Å². The Kier molecular flexibility index (Phi) is 9.54. The minimum atomic E-state index is 0.464. The number of hydrogen-bond donors (Lipinski definition) is 1. The third-order valence-electron chi connectivity index (χ3n) is 4.83. The Hall–Kier alpha value is -0.0800. The molecule has 1 N–H and O–H groups in total. The van der Waals surface area contributed by atoms with Crippen molar-refractivity contribution in [3.8, 4) is 0 Å². The molecule has 0 spiro atoms. The lowest BCUT2D eigenvalue weighted by Gasteiger charge is -2.35. The minimum Gasteiger partial charge on any atom is -0.381 e. The van der Waals surface area contributed by atoms with Crippen LogP contribution in [-0.4, -0.2) is 25.8 Å². The van der Waals surface area contributed by atoms with E-state index in [1.807, 2.05) is 0 Å². The predicted molar refractivity (Wildman–Crippen MR) is 88.2 cm³/mol. The topological polar surface area (TPSA) is 21.3 Å². The van der Waals surface area contributed by atoms with Gasteiger partial charge in [-0.15, -0.1) is 0 Å². The van der Waals surface area contributed by atoms with Crippen LogP contribution in [0.5, 0.6) is 0 Å². The lowest BCUT2D eigenvalue weighted by Crippen LogP contribution is -2.41. The number of hydrogen-bond acceptors (Lipinski definition) is 2. The van der Waals surface area contributed by atoms with Crippen LogP contribution in [-0.2, 0) is 4.74 Å². The van der Waals surface area contributed by atoms with Crippen molar-refractivity contribution in [2.45, 2.75) is 91.0 Å². The summed E-state index contributed by atoms with van der Waals surface area (Å²) in [7, 11) is 0. The number of unbranched alkanes of at least 4 members (excludes halogenated alkanes) is 4. The van der Waals surface area contributed by atoms with Gasteiger partial charge in [-0.2, -0.15) is 0 Å². The second-order valence-electron chi connectivity index (χ2n) is 6.99. The Morgan fingerprint density at radius 1 is 0.950 bits per heavy atom. The number of rotatable bonds is 11. The van der Waals surface area contributed by atoms with Crippen molar-refractivity contribution in [3.63, 3.8) is 0 Å². The van der Waals surface area contributed by atoms with Gasteiger partial charge in [-0.05, 0) is 31.1 Å². The van der Waals surface area contributed by atoms with Crippen LogP contribution in [0.1, 0.15) is 85.0 Å². The van der Waals surface area contributed by atoms with Gasteiger partial charge in [0.2, 0.25) is 0 Å². The van der Waals surface area contributed by atoms with E-state index < -0.39 is 0 Å². The van der Waals surface area contributed by atoms with Crippen LogP contribution in [0.2, 0.25) is 0 Å². The van der Waals surface area contributed by atoms with Gasteiger partial charge < -0.3 is 10.1 Å². The maximum Gasteiger partial charge on any atom is 0.0471 e. The second-order valence-corrected chi connectivity index (χ2v) is 6.99. The fraction of sp³-hybridized carbons (Fsp3) is 1.00. The van der Waals surface area contributed by atoms with Crippen LogP contribution in [0, 0.1) is 5.41 Å². The summed E-state index contributed by atoms with van der Waals surface area (Å²) in [6.45, 7) is 10.1.